The monoisotopic (exact) mass is 454 g/mol. The van der Waals surface area contributed by atoms with Gasteiger partial charge < -0.3 is 19.2 Å². The molecule has 0 atom stereocenters. The fourth-order valence-electron chi connectivity index (χ4n) is 3.39. The number of nitrogens with one attached hydrogen (secondary N) is 1. The fraction of sp³-hybridized carbons (Fsp3) is 0.115. The number of ether oxygens (including phenoxy) is 2. The highest BCUT2D eigenvalue weighted by Gasteiger charge is 2.17. The molecule has 1 N–H and O–H groups in total. The SMILES string of the molecule is COc1ccc(-c2nn(-c3ccccc3)cc2/C=C(/C#N)C(=O)NCc2ccco2)cc1OC. The molecule has 8 nitrogen and oxygen atoms in total. The van der Waals surface area contributed by atoms with Crippen molar-refractivity contribution >= 4 is 12.0 Å². The summed E-state index contributed by atoms with van der Waals surface area (Å²) in [6.07, 6.45) is 4.82. The van der Waals surface area contributed by atoms with Gasteiger partial charge in [0.05, 0.1) is 32.7 Å². The summed E-state index contributed by atoms with van der Waals surface area (Å²) in [6.45, 7) is 0.177. The maximum Gasteiger partial charge on any atom is 0.262 e. The standard InChI is InChI=1S/C26H22N4O4/c1-32-23-11-10-18(14-24(23)33-2)25-20(17-30(29-25)21-7-4-3-5-8-21)13-19(15-27)26(31)28-16-22-9-6-12-34-22/h3-14,17H,16H2,1-2H3,(H,28,31)/b19-13-. The van der Waals surface area contributed by atoms with Crippen LogP contribution in [0.15, 0.2) is 83.1 Å². The summed E-state index contributed by atoms with van der Waals surface area (Å²) in [5.74, 6) is 1.21. The predicted octanol–water partition coefficient (Wildman–Crippen LogP) is 4.37. The van der Waals surface area contributed by atoms with Crippen LogP contribution >= 0.6 is 0 Å². The maximum atomic E-state index is 12.7. The van der Waals surface area contributed by atoms with Gasteiger partial charge in [-0.15, -0.1) is 0 Å². The maximum absolute atomic E-state index is 12.7. The average molecular weight is 454 g/mol. The van der Waals surface area contributed by atoms with E-state index in [1.54, 1.807) is 49.4 Å². The van der Waals surface area contributed by atoms with Gasteiger partial charge in [-0.3, -0.25) is 4.79 Å². The van der Waals surface area contributed by atoms with E-state index in [0.717, 1.165) is 11.3 Å². The van der Waals surface area contributed by atoms with Gasteiger partial charge in [0.25, 0.3) is 5.91 Å². The Balaban J connectivity index is 1.75. The Morgan fingerprint density at radius 3 is 2.59 bits per heavy atom. The van der Waals surface area contributed by atoms with Crippen LogP contribution in [0.25, 0.3) is 23.0 Å². The molecule has 0 saturated heterocycles. The number of hydrogen-bond donors (Lipinski definition) is 1. The first-order valence-electron chi connectivity index (χ1n) is 10.4. The molecule has 0 spiro atoms. The molecular weight excluding hydrogens is 432 g/mol. The molecule has 1 amide bonds. The molecule has 0 aliphatic rings. The van der Waals surface area contributed by atoms with E-state index in [9.17, 15) is 10.1 Å². The molecule has 0 saturated carbocycles. The second-order valence-corrected chi connectivity index (χ2v) is 7.21. The first-order valence-corrected chi connectivity index (χ1v) is 10.4. The minimum absolute atomic E-state index is 0.0547. The fourth-order valence-corrected chi connectivity index (χ4v) is 3.39. The first-order chi connectivity index (χ1) is 16.6. The van der Waals surface area contributed by atoms with Crippen LogP contribution < -0.4 is 14.8 Å². The number of carbonyl (C=O) groups is 1. The van der Waals surface area contributed by atoms with E-state index in [2.05, 4.69) is 5.32 Å². The van der Waals surface area contributed by atoms with E-state index in [4.69, 9.17) is 19.0 Å². The van der Waals surface area contributed by atoms with Crippen LogP contribution in [0.4, 0.5) is 0 Å². The predicted molar refractivity (Wildman–Crippen MR) is 126 cm³/mol. The third-order valence-corrected chi connectivity index (χ3v) is 5.09. The van der Waals surface area contributed by atoms with Crippen LogP contribution in [0.3, 0.4) is 0 Å². The number of aromatic nitrogens is 2. The van der Waals surface area contributed by atoms with E-state index in [1.165, 1.54) is 12.3 Å². The summed E-state index contributed by atoms with van der Waals surface area (Å²) < 4.78 is 17.7. The highest BCUT2D eigenvalue weighted by atomic mass is 16.5. The van der Waals surface area contributed by atoms with Crippen LogP contribution in [0.1, 0.15) is 11.3 Å². The number of carbonyl (C=O) groups excluding carboxylic acids is 1. The van der Waals surface area contributed by atoms with Gasteiger partial charge in [0.15, 0.2) is 11.5 Å². The smallest absolute Gasteiger partial charge is 0.262 e. The zero-order chi connectivity index (χ0) is 23.9. The van der Waals surface area contributed by atoms with Gasteiger partial charge in [-0.25, -0.2) is 4.68 Å². The lowest BCUT2D eigenvalue weighted by atomic mass is 10.1. The molecule has 2 aromatic carbocycles. The van der Waals surface area contributed by atoms with Crippen molar-refractivity contribution in [3.05, 3.63) is 90.0 Å². The minimum Gasteiger partial charge on any atom is -0.493 e. The molecule has 170 valence electrons. The van der Waals surface area contributed by atoms with Crippen molar-refractivity contribution < 1.29 is 18.7 Å². The van der Waals surface area contributed by atoms with E-state index < -0.39 is 5.91 Å². The van der Waals surface area contributed by atoms with Gasteiger partial charge in [-0.05, 0) is 48.5 Å². The lowest BCUT2D eigenvalue weighted by molar-refractivity contribution is -0.117. The van der Waals surface area contributed by atoms with Crippen LogP contribution in [0.5, 0.6) is 11.5 Å². The molecule has 34 heavy (non-hydrogen) atoms. The summed E-state index contributed by atoms with van der Waals surface area (Å²) >= 11 is 0. The molecule has 2 heterocycles. The number of nitriles is 1. The Labute approximate surface area is 196 Å². The van der Waals surface area contributed by atoms with Crippen molar-refractivity contribution in [1.82, 2.24) is 15.1 Å². The summed E-state index contributed by atoms with van der Waals surface area (Å²) in [7, 11) is 3.12. The Hall–Kier alpha value is -4.77. The summed E-state index contributed by atoms with van der Waals surface area (Å²) in [4.78, 5) is 12.7. The normalized spacial score (nSPS) is 11.0. The summed E-state index contributed by atoms with van der Waals surface area (Å²) in [5.41, 5.74) is 2.70. The number of methoxy groups -OCH3 is 2. The van der Waals surface area contributed by atoms with E-state index >= 15 is 0 Å². The van der Waals surface area contributed by atoms with Crippen molar-refractivity contribution in [2.75, 3.05) is 14.2 Å². The average Bonchev–Trinajstić information content (AvgIpc) is 3.56. The molecule has 0 unspecified atom stereocenters. The van der Waals surface area contributed by atoms with Gasteiger partial charge in [0.2, 0.25) is 0 Å². The number of nitrogens with zero attached hydrogens (tertiary/aromatic N) is 3. The topological polar surface area (TPSA) is 102 Å². The molecule has 0 aliphatic carbocycles. The van der Waals surface area contributed by atoms with E-state index in [-0.39, 0.29) is 12.1 Å². The number of rotatable bonds is 8. The first kappa shape index (κ1) is 22.4. The molecular formula is C26H22N4O4. The zero-order valence-electron chi connectivity index (χ0n) is 18.7. The van der Waals surface area contributed by atoms with Gasteiger partial charge in [-0.2, -0.15) is 10.4 Å². The molecule has 0 fully saturated rings. The van der Waals surface area contributed by atoms with Crippen molar-refractivity contribution in [3.8, 4) is 34.5 Å². The zero-order valence-corrected chi connectivity index (χ0v) is 18.7. The summed E-state index contributed by atoms with van der Waals surface area (Å²) in [5, 5.41) is 17.1. The Bertz CT molecular complexity index is 1350. The number of furan rings is 1. The lowest BCUT2D eigenvalue weighted by Gasteiger charge is -2.09. The molecule has 4 rings (SSSR count). The molecule has 0 bridgehead atoms. The second kappa shape index (κ2) is 10.2. The number of benzene rings is 2. The molecule has 0 radical (unpaired) electrons. The molecule has 4 aromatic rings. The quantitative estimate of drug-likeness (QED) is 0.313. The minimum atomic E-state index is -0.510. The van der Waals surface area contributed by atoms with E-state index in [1.807, 2.05) is 42.5 Å². The number of hydrogen-bond acceptors (Lipinski definition) is 6. The van der Waals surface area contributed by atoms with Crippen molar-refractivity contribution in [3.63, 3.8) is 0 Å². The largest absolute Gasteiger partial charge is 0.493 e. The second-order valence-electron chi connectivity index (χ2n) is 7.21. The van der Waals surface area contributed by atoms with Crippen molar-refractivity contribution in [2.24, 2.45) is 0 Å². The van der Waals surface area contributed by atoms with Crippen molar-refractivity contribution in [2.45, 2.75) is 6.54 Å². The number of amides is 1. The third-order valence-electron chi connectivity index (χ3n) is 5.09. The van der Waals surface area contributed by atoms with Crippen molar-refractivity contribution in [1.29, 1.82) is 5.26 Å². The van der Waals surface area contributed by atoms with Crippen LogP contribution in [0.2, 0.25) is 0 Å². The highest BCUT2D eigenvalue weighted by Crippen LogP contribution is 2.34. The Morgan fingerprint density at radius 1 is 1.12 bits per heavy atom. The number of para-hydroxylation sites is 1. The van der Waals surface area contributed by atoms with Crippen LogP contribution in [-0.2, 0) is 11.3 Å². The van der Waals surface area contributed by atoms with Gasteiger partial charge in [-0.1, -0.05) is 18.2 Å². The molecule has 0 aliphatic heterocycles. The molecule has 8 heteroatoms. The Morgan fingerprint density at radius 2 is 1.91 bits per heavy atom. The summed E-state index contributed by atoms with van der Waals surface area (Å²) in [6, 6.07) is 20.5. The highest BCUT2D eigenvalue weighted by molar-refractivity contribution is 6.02. The van der Waals surface area contributed by atoms with Crippen LogP contribution in [0, 0.1) is 11.3 Å². The Kier molecular flexibility index (Phi) is 6.75. The van der Waals surface area contributed by atoms with E-state index in [0.29, 0.717) is 28.5 Å². The van der Waals surface area contributed by atoms with Gasteiger partial charge in [0.1, 0.15) is 23.1 Å². The van der Waals surface area contributed by atoms with Crippen LogP contribution in [-0.4, -0.2) is 29.9 Å². The van der Waals surface area contributed by atoms with Gasteiger partial charge >= 0.3 is 0 Å². The van der Waals surface area contributed by atoms with Gasteiger partial charge in [0, 0.05) is 17.3 Å². The molecule has 2 aromatic heterocycles. The third kappa shape index (κ3) is 4.84. The lowest BCUT2D eigenvalue weighted by Crippen LogP contribution is -2.23.